The molecule has 0 heterocycles. The molecule has 27 heavy (non-hydrogen) atoms. The second-order valence-electron chi connectivity index (χ2n) is 6.24. The summed E-state index contributed by atoms with van der Waals surface area (Å²) >= 11 is 0. The second kappa shape index (κ2) is 10.2. The summed E-state index contributed by atoms with van der Waals surface area (Å²) in [7, 11) is -3.22. The van der Waals surface area contributed by atoms with Gasteiger partial charge < -0.3 is 14.8 Å². The molecule has 3 atom stereocenters. The highest BCUT2D eigenvalue weighted by atomic mass is 31.2. The maximum absolute atomic E-state index is 14.5. The Balaban J connectivity index is 2.65. The predicted octanol–water partition coefficient (Wildman–Crippen LogP) is 3.80. The van der Waals surface area contributed by atoms with Crippen molar-refractivity contribution in [3.8, 4) is 0 Å². The van der Waals surface area contributed by atoms with Crippen LogP contribution in [0.15, 0.2) is 97.1 Å². The van der Waals surface area contributed by atoms with Crippen LogP contribution in [0.1, 0.15) is 13.8 Å². The third-order valence-electron chi connectivity index (χ3n) is 4.33. The van der Waals surface area contributed by atoms with Gasteiger partial charge in [-0.15, -0.1) is 0 Å². The molecule has 0 amide bonds. The minimum Gasteiger partial charge on any atom is -0.388 e. The van der Waals surface area contributed by atoms with Crippen molar-refractivity contribution in [2.75, 3.05) is 0 Å². The predicted molar refractivity (Wildman–Crippen MR) is 114 cm³/mol. The highest BCUT2D eigenvalue weighted by molar-refractivity contribution is 7.79. The van der Waals surface area contributed by atoms with E-state index in [4.69, 9.17) is 0 Å². The normalized spacial score (nSPS) is 16.1. The Labute approximate surface area is 161 Å². The van der Waals surface area contributed by atoms with Gasteiger partial charge in [0.15, 0.2) is 7.14 Å². The third-order valence-corrected chi connectivity index (χ3v) is 7.78. The van der Waals surface area contributed by atoms with E-state index in [9.17, 15) is 14.8 Å². The van der Waals surface area contributed by atoms with Crippen LogP contribution in [0.5, 0.6) is 0 Å². The van der Waals surface area contributed by atoms with E-state index >= 15 is 0 Å². The maximum Gasteiger partial charge on any atom is 0.152 e. The molecule has 0 aromatic heterocycles. The van der Waals surface area contributed by atoms with Gasteiger partial charge in [0, 0.05) is 10.6 Å². The van der Waals surface area contributed by atoms with E-state index in [-0.39, 0.29) is 0 Å². The first-order valence-electron chi connectivity index (χ1n) is 9.05. The SMILES string of the molecule is C/C=C/[C@@H](O)/C=C/[C@H]([C@@H](O)/C=C/C)P(=O)(c1ccccc1)c1ccccc1. The van der Waals surface area contributed by atoms with Crippen LogP contribution < -0.4 is 10.6 Å². The maximum atomic E-state index is 14.5. The highest BCUT2D eigenvalue weighted by Gasteiger charge is 2.38. The van der Waals surface area contributed by atoms with Crippen LogP contribution in [0.25, 0.3) is 0 Å². The molecule has 0 saturated carbocycles. The summed E-state index contributed by atoms with van der Waals surface area (Å²) in [4.78, 5) is 0. The van der Waals surface area contributed by atoms with Gasteiger partial charge in [-0.2, -0.15) is 0 Å². The van der Waals surface area contributed by atoms with Crippen molar-refractivity contribution in [1.29, 1.82) is 0 Å². The summed E-state index contributed by atoms with van der Waals surface area (Å²) in [5, 5.41) is 22.2. The fourth-order valence-corrected chi connectivity index (χ4v) is 6.13. The lowest BCUT2D eigenvalue weighted by Gasteiger charge is -2.29. The van der Waals surface area contributed by atoms with Crippen molar-refractivity contribution < 1.29 is 14.8 Å². The zero-order valence-electron chi connectivity index (χ0n) is 15.7. The van der Waals surface area contributed by atoms with Crippen LogP contribution >= 0.6 is 7.14 Å². The molecular formula is C23H27O3P. The van der Waals surface area contributed by atoms with Crippen molar-refractivity contribution in [2.24, 2.45) is 0 Å². The van der Waals surface area contributed by atoms with E-state index in [2.05, 4.69) is 0 Å². The van der Waals surface area contributed by atoms with Crippen LogP contribution in [-0.2, 0) is 4.57 Å². The molecule has 0 radical (unpaired) electrons. The Morgan fingerprint density at radius 3 is 1.67 bits per heavy atom. The van der Waals surface area contributed by atoms with Crippen LogP contribution in [-0.4, -0.2) is 28.1 Å². The smallest absolute Gasteiger partial charge is 0.152 e. The first kappa shape index (κ1) is 21.1. The zero-order valence-corrected chi connectivity index (χ0v) is 16.6. The van der Waals surface area contributed by atoms with E-state index < -0.39 is 25.0 Å². The summed E-state index contributed by atoms with van der Waals surface area (Å²) in [6, 6.07) is 18.5. The van der Waals surface area contributed by atoms with Crippen LogP contribution in [0.4, 0.5) is 0 Å². The number of benzene rings is 2. The summed E-state index contributed by atoms with van der Waals surface area (Å²) < 4.78 is 14.5. The fraction of sp³-hybridized carbons (Fsp3) is 0.217. The largest absolute Gasteiger partial charge is 0.388 e. The monoisotopic (exact) mass is 382 g/mol. The quantitative estimate of drug-likeness (QED) is 0.539. The van der Waals surface area contributed by atoms with Gasteiger partial charge in [-0.25, -0.2) is 0 Å². The van der Waals surface area contributed by atoms with E-state index in [1.807, 2.05) is 74.5 Å². The topological polar surface area (TPSA) is 57.5 Å². The molecule has 4 heteroatoms. The van der Waals surface area contributed by atoms with Crippen LogP contribution in [0.3, 0.4) is 0 Å². The Morgan fingerprint density at radius 1 is 0.741 bits per heavy atom. The number of allylic oxidation sites excluding steroid dienone is 2. The van der Waals surface area contributed by atoms with Gasteiger partial charge in [-0.1, -0.05) is 97.1 Å². The molecule has 0 saturated heterocycles. The van der Waals surface area contributed by atoms with Gasteiger partial charge in [0.1, 0.15) is 0 Å². The molecular weight excluding hydrogens is 355 g/mol. The Hall–Kier alpha value is -2.19. The molecule has 0 bridgehead atoms. The van der Waals surface area contributed by atoms with E-state index in [1.54, 1.807) is 36.5 Å². The lowest BCUT2D eigenvalue weighted by Crippen LogP contribution is -2.32. The number of hydrogen-bond donors (Lipinski definition) is 2. The minimum absolute atomic E-state index is 0.676. The lowest BCUT2D eigenvalue weighted by molar-refractivity contribution is 0.227. The molecule has 2 rings (SSSR count). The van der Waals surface area contributed by atoms with Gasteiger partial charge in [-0.3, -0.25) is 0 Å². The fourth-order valence-electron chi connectivity index (χ4n) is 3.04. The van der Waals surface area contributed by atoms with Gasteiger partial charge in [0.2, 0.25) is 0 Å². The zero-order chi connectivity index (χ0) is 19.7. The van der Waals surface area contributed by atoms with E-state index in [1.165, 1.54) is 0 Å². The number of hydrogen-bond acceptors (Lipinski definition) is 3. The molecule has 3 nitrogen and oxygen atoms in total. The molecule has 0 aliphatic carbocycles. The Morgan fingerprint density at radius 2 is 1.22 bits per heavy atom. The van der Waals surface area contributed by atoms with Gasteiger partial charge in [0.05, 0.1) is 17.9 Å². The molecule has 0 fully saturated rings. The summed E-state index contributed by atoms with van der Waals surface area (Å²) in [5.74, 6) is 0. The Kier molecular flexibility index (Phi) is 7.99. The first-order chi connectivity index (χ1) is 13.0. The number of aliphatic hydroxyl groups is 2. The molecule has 142 valence electrons. The molecule has 2 aromatic rings. The first-order valence-corrected chi connectivity index (χ1v) is 10.8. The molecule has 2 N–H and O–H groups in total. The Bertz CT molecular complexity index is 782. The molecule has 2 aromatic carbocycles. The van der Waals surface area contributed by atoms with Crippen LogP contribution in [0, 0.1) is 0 Å². The molecule has 0 spiro atoms. The molecule has 0 aliphatic heterocycles. The third kappa shape index (κ3) is 5.17. The minimum atomic E-state index is -3.22. The van der Waals surface area contributed by atoms with Gasteiger partial charge in [-0.05, 0) is 13.8 Å². The van der Waals surface area contributed by atoms with Crippen molar-refractivity contribution in [2.45, 2.75) is 31.7 Å². The summed E-state index contributed by atoms with van der Waals surface area (Å²) in [6.07, 6.45) is 8.27. The lowest BCUT2D eigenvalue weighted by atomic mass is 10.2. The summed E-state index contributed by atoms with van der Waals surface area (Å²) in [6.45, 7) is 3.64. The average Bonchev–Trinajstić information content (AvgIpc) is 2.69. The molecule has 0 unspecified atom stereocenters. The van der Waals surface area contributed by atoms with Crippen molar-refractivity contribution in [1.82, 2.24) is 0 Å². The van der Waals surface area contributed by atoms with Gasteiger partial charge >= 0.3 is 0 Å². The van der Waals surface area contributed by atoms with E-state index in [0.29, 0.717) is 10.6 Å². The van der Waals surface area contributed by atoms with Crippen molar-refractivity contribution >= 4 is 17.8 Å². The van der Waals surface area contributed by atoms with E-state index in [0.717, 1.165) is 0 Å². The molecule has 0 aliphatic rings. The van der Waals surface area contributed by atoms with Crippen molar-refractivity contribution in [3.05, 3.63) is 97.1 Å². The van der Waals surface area contributed by atoms with Crippen LogP contribution in [0.2, 0.25) is 0 Å². The average molecular weight is 382 g/mol. The number of aliphatic hydroxyl groups excluding tert-OH is 2. The standard InChI is InChI=1S/C23H27O3P/c1-3-11-19(24)17-18-23(22(25)12-4-2)27(26,20-13-7-5-8-14-20)21-15-9-6-10-16-21/h3-19,22-25H,1-2H3/b11-3+,12-4+,18-17+/t19-,22+,23-/m1/s1. The highest BCUT2D eigenvalue weighted by Crippen LogP contribution is 2.50. The second-order valence-corrected chi connectivity index (χ2v) is 9.18. The van der Waals surface area contributed by atoms with Crippen molar-refractivity contribution in [3.63, 3.8) is 0 Å². The number of rotatable bonds is 8. The van der Waals surface area contributed by atoms with Gasteiger partial charge in [0.25, 0.3) is 0 Å². The summed E-state index contributed by atoms with van der Waals surface area (Å²) in [5.41, 5.74) is -0.696.